The zero-order valence-corrected chi connectivity index (χ0v) is 17.5. The largest absolute Gasteiger partial charge is 0.534 e. The van der Waals surface area contributed by atoms with E-state index in [0.717, 1.165) is 44.2 Å². The summed E-state index contributed by atoms with van der Waals surface area (Å²) in [5, 5.41) is 0. The van der Waals surface area contributed by atoms with E-state index in [9.17, 15) is 48.0 Å². The van der Waals surface area contributed by atoms with Crippen molar-refractivity contribution in [3.63, 3.8) is 0 Å². The van der Waals surface area contributed by atoms with Crippen molar-refractivity contribution in [3.05, 3.63) is 47.0 Å². The Kier molecular flexibility index (Phi) is 6.58. The second kappa shape index (κ2) is 8.27. The molecule has 2 aromatic rings. The molecule has 0 atom stereocenters. The van der Waals surface area contributed by atoms with Gasteiger partial charge in [0.25, 0.3) is 0 Å². The average molecular weight is 506 g/mol. The van der Waals surface area contributed by atoms with Gasteiger partial charge in [0.15, 0.2) is 11.5 Å². The number of carbonyl (C=O) groups is 1. The van der Waals surface area contributed by atoms with Gasteiger partial charge in [-0.25, -0.2) is 0 Å². The SMILES string of the molecule is Cc1cc(C=O)c(C)c(-c2ccccc2OS(=O)(=O)C(F)(F)F)c1OS(=O)(=O)C(F)(F)F. The minimum absolute atomic E-state index is 0.178. The Balaban J connectivity index is 2.87. The Morgan fingerprint density at radius 2 is 1.34 bits per heavy atom. The zero-order chi connectivity index (χ0) is 24.7. The molecule has 0 saturated heterocycles. The minimum Gasteiger partial charge on any atom is -0.375 e. The van der Waals surface area contributed by atoms with Crippen molar-refractivity contribution in [2.75, 3.05) is 0 Å². The first kappa shape index (κ1) is 25.5. The molecule has 0 aromatic heterocycles. The van der Waals surface area contributed by atoms with Crippen molar-refractivity contribution in [1.29, 1.82) is 0 Å². The molecule has 0 heterocycles. The van der Waals surface area contributed by atoms with Gasteiger partial charge in [0, 0.05) is 16.7 Å². The summed E-state index contributed by atoms with van der Waals surface area (Å²) < 4.78 is 131. The van der Waals surface area contributed by atoms with Crippen molar-refractivity contribution in [3.8, 4) is 22.6 Å². The summed E-state index contributed by atoms with van der Waals surface area (Å²) in [6.45, 7) is 2.22. The number of aryl methyl sites for hydroxylation is 1. The first-order valence-corrected chi connectivity index (χ1v) is 10.9. The monoisotopic (exact) mass is 506 g/mol. The normalized spacial score (nSPS) is 13.0. The van der Waals surface area contributed by atoms with Crippen molar-refractivity contribution >= 4 is 26.5 Å². The molecule has 0 saturated carbocycles. The first-order chi connectivity index (χ1) is 14.4. The number of hydrogen-bond acceptors (Lipinski definition) is 7. The number of rotatable bonds is 6. The lowest BCUT2D eigenvalue weighted by Crippen LogP contribution is -2.29. The lowest BCUT2D eigenvalue weighted by Gasteiger charge is -2.20. The van der Waals surface area contributed by atoms with Gasteiger partial charge in [-0.2, -0.15) is 43.2 Å². The summed E-state index contributed by atoms with van der Waals surface area (Å²) in [4.78, 5) is 11.3. The molecule has 0 aliphatic heterocycles. The average Bonchev–Trinajstić information content (AvgIpc) is 2.63. The van der Waals surface area contributed by atoms with Crippen molar-refractivity contribution < 1.29 is 56.3 Å². The molecule has 0 aliphatic rings. The molecule has 0 fully saturated rings. The van der Waals surface area contributed by atoms with Crippen LogP contribution in [0.5, 0.6) is 11.5 Å². The fraction of sp³-hybridized carbons (Fsp3) is 0.235. The standard InChI is InChI=1S/C17H12F6O7S2/c1-9-7-11(8-24)10(2)14(15(9)30-32(27,28)17(21,22)23)12-5-3-4-6-13(12)29-31(25,26)16(18,19)20/h3-8H,1-2H3. The molecule has 15 heteroatoms. The third-order valence-electron chi connectivity index (χ3n) is 4.01. The maximum atomic E-state index is 12.9. The van der Waals surface area contributed by atoms with Crippen LogP contribution >= 0.6 is 0 Å². The van der Waals surface area contributed by atoms with Gasteiger partial charge in [-0.1, -0.05) is 18.2 Å². The third-order valence-corrected chi connectivity index (χ3v) is 5.93. The van der Waals surface area contributed by atoms with Crippen molar-refractivity contribution in [2.45, 2.75) is 24.9 Å². The maximum Gasteiger partial charge on any atom is 0.534 e. The highest BCUT2D eigenvalue weighted by atomic mass is 32.2. The molecule has 0 amide bonds. The van der Waals surface area contributed by atoms with Gasteiger partial charge in [0.2, 0.25) is 0 Å². The maximum absolute atomic E-state index is 12.9. The number of alkyl halides is 6. The molecule has 2 aromatic carbocycles. The number of benzene rings is 2. The topological polar surface area (TPSA) is 104 Å². The number of halogens is 6. The van der Waals surface area contributed by atoms with Gasteiger partial charge in [-0.05, 0) is 37.1 Å². The van der Waals surface area contributed by atoms with Crippen LogP contribution in [0.15, 0.2) is 30.3 Å². The van der Waals surface area contributed by atoms with E-state index in [1.807, 2.05) is 0 Å². The van der Waals surface area contributed by atoms with E-state index in [-0.39, 0.29) is 23.0 Å². The van der Waals surface area contributed by atoms with E-state index in [2.05, 4.69) is 8.37 Å². The van der Waals surface area contributed by atoms with Crippen LogP contribution in [-0.2, 0) is 20.2 Å². The molecule has 176 valence electrons. The molecule has 0 bridgehead atoms. The predicted molar refractivity (Wildman–Crippen MR) is 97.9 cm³/mol. The second-order valence-corrected chi connectivity index (χ2v) is 9.27. The van der Waals surface area contributed by atoms with Gasteiger partial charge in [-0.15, -0.1) is 0 Å². The second-order valence-electron chi connectivity index (χ2n) is 6.19. The van der Waals surface area contributed by atoms with Crippen molar-refractivity contribution in [1.82, 2.24) is 0 Å². The van der Waals surface area contributed by atoms with Crippen molar-refractivity contribution in [2.24, 2.45) is 0 Å². The molecule has 0 N–H and O–H groups in total. The predicted octanol–water partition coefficient (Wildman–Crippen LogP) is 4.24. The van der Waals surface area contributed by atoms with E-state index >= 15 is 0 Å². The molecule has 0 unspecified atom stereocenters. The third kappa shape index (κ3) is 4.82. The first-order valence-electron chi connectivity index (χ1n) is 8.13. The molecular weight excluding hydrogens is 494 g/mol. The summed E-state index contributed by atoms with van der Waals surface area (Å²) in [7, 11) is -12.4. The van der Waals surface area contributed by atoms with Crippen LogP contribution in [0.1, 0.15) is 21.5 Å². The summed E-state index contributed by atoms with van der Waals surface area (Å²) in [5.41, 5.74) is -13.6. The summed E-state index contributed by atoms with van der Waals surface area (Å²) >= 11 is 0. The van der Waals surface area contributed by atoms with Crippen LogP contribution in [0.3, 0.4) is 0 Å². The zero-order valence-electron chi connectivity index (χ0n) is 15.9. The smallest absolute Gasteiger partial charge is 0.375 e. The Morgan fingerprint density at radius 1 is 0.844 bits per heavy atom. The lowest BCUT2D eigenvalue weighted by molar-refractivity contribution is -0.0505. The molecular formula is C17H12F6O7S2. The van der Waals surface area contributed by atoms with Gasteiger partial charge in [0.05, 0.1) is 0 Å². The highest BCUT2D eigenvalue weighted by molar-refractivity contribution is 7.88. The Morgan fingerprint density at radius 3 is 1.84 bits per heavy atom. The minimum atomic E-state index is -6.24. The quantitative estimate of drug-likeness (QED) is 0.250. The molecule has 7 nitrogen and oxygen atoms in total. The summed E-state index contributed by atoms with van der Waals surface area (Å²) in [6.07, 6.45) is 0.254. The Hall–Kier alpha value is -2.81. The summed E-state index contributed by atoms with van der Waals surface area (Å²) in [5.74, 6) is -1.98. The van der Waals surface area contributed by atoms with Gasteiger partial charge in [-0.3, -0.25) is 4.79 Å². The molecule has 32 heavy (non-hydrogen) atoms. The van der Waals surface area contributed by atoms with Crippen LogP contribution < -0.4 is 8.37 Å². The Labute approximate surface area is 177 Å². The highest BCUT2D eigenvalue weighted by Crippen LogP contribution is 2.44. The van der Waals surface area contributed by atoms with Gasteiger partial charge >= 0.3 is 31.3 Å². The van der Waals surface area contributed by atoms with Crippen LogP contribution in [0, 0.1) is 13.8 Å². The van der Waals surface area contributed by atoms with E-state index in [4.69, 9.17) is 0 Å². The molecule has 0 radical (unpaired) electrons. The van der Waals surface area contributed by atoms with Gasteiger partial charge < -0.3 is 8.37 Å². The lowest BCUT2D eigenvalue weighted by atomic mass is 9.93. The molecule has 2 rings (SSSR count). The molecule has 0 aliphatic carbocycles. The fourth-order valence-electron chi connectivity index (χ4n) is 2.54. The summed E-state index contributed by atoms with van der Waals surface area (Å²) in [6, 6.07) is 4.91. The van der Waals surface area contributed by atoms with Gasteiger partial charge in [0.1, 0.15) is 6.29 Å². The van der Waals surface area contributed by atoms with Crippen LogP contribution in [0.2, 0.25) is 0 Å². The fourth-order valence-corrected chi connectivity index (χ4v) is 3.55. The van der Waals surface area contributed by atoms with Crippen LogP contribution in [-0.4, -0.2) is 34.1 Å². The Bertz CT molecular complexity index is 1260. The van der Waals surface area contributed by atoms with Crippen LogP contribution in [0.25, 0.3) is 11.1 Å². The van der Waals surface area contributed by atoms with E-state index in [1.165, 1.54) is 0 Å². The van der Waals surface area contributed by atoms with Crippen LogP contribution in [0.4, 0.5) is 26.3 Å². The highest BCUT2D eigenvalue weighted by Gasteiger charge is 2.50. The number of hydrogen-bond donors (Lipinski definition) is 0. The number of carbonyl (C=O) groups excluding carboxylic acids is 1. The number of aldehydes is 1. The van der Waals surface area contributed by atoms with E-state index in [0.29, 0.717) is 0 Å². The van der Waals surface area contributed by atoms with E-state index < -0.39 is 53.9 Å². The molecule has 0 spiro atoms. The number of para-hydroxylation sites is 1. The van der Waals surface area contributed by atoms with E-state index in [1.54, 1.807) is 0 Å².